The van der Waals surface area contributed by atoms with Gasteiger partial charge in [-0.1, -0.05) is 0 Å². The molecule has 4 nitrogen and oxygen atoms in total. The fourth-order valence-corrected chi connectivity index (χ4v) is 1.74. The topological polar surface area (TPSA) is 44.8 Å². The highest BCUT2D eigenvalue weighted by Gasteiger charge is 2.15. The van der Waals surface area contributed by atoms with Gasteiger partial charge in [0.25, 0.3) is 0 Å². The molecular formula is C13H16O4. The van der Waals surface area contributed by atoms with Gasteiger partial charge in [-0.05, 0) is 37.1 Å². The fraction of sp³-hybridized carbons (Fsp3) is 0.462. The van der Waals surface area contributed by atoms with Crippen LogP contribution in [0.25, 0.3) is 0 Å². The van der Waals surface area contributed by atoms with Crippen LogP contribution in [0, 0.1) is 0 Å². The van der Waals surface area contributed by atoms with Crippen LogP contribution in [-0.2, 0) is 9.47 Å². The summed E-state index contributed by atoms with van der Waals surface area (Å²) in [6.07, 6.45) is 2.98. The Morgan fingerprint density at radius 1 is 1.29 bits per heavy atom. The molecule has 0 aliphatic carbocycles. The fourth-order valence-electron chi connectivity index (χ4n) is 1.74. The molecule has 1 atom stereocenters. The zero-order chi connectivity index (χ0) is 12.1. The van der Waals surface area contributed by atoms with E-state index in [9.17, 15) is 4.79 Å². The number of benzene rings is 1. The number of hydrogen-bond donors (Lipinski definition) is 0. The second kappa shape index (κ2) is 5.68. The van der Waals surface area contributed by atoms with E-state index >= 15 is 0 Å². The van der Waals surface area contributed by atoms with Crippen LogP contribution in [0.3, 0.4) is 0 Å². The van der Waals surface area contributed by atoms with E-state index in [1.165, 1.54) is 7.11 Å². The molecule has 0 unspecified atom stereocenters. The van der Waals surface area contributed by atoms with E-state index in [0.29, 0.717) is 11.3 Å². The number of hydrogen-bond acceptors (Lipinski definition) is 4. The molecule has 1 fully saturated rings. The Labute approximate surface area is 100 Å². The first-order valence-electron chi connectivity index (χ1n) is 5.76. The molecule has 0 bridgehead atoms. The Morgan fingerprint density at radius 2 is 2.06 bits per heavy atom. The highest BCUT2D eigenvalue weighted by Crippen LogP contribution is 2.19. The molecule has 0 radical (unpaired) electrons. The normalized spacial score (nSPS) is 19.7. The maximum atomic E-state index is 11.2. The van der Waals surface area contributed by atoms with Crippen molar-refractivity contribution in [2.24, 2.45) is 0 Å². The van der Waals surface area contributed by atoms with Crippen LogP contribution in [0.1, 0.15) is 29.6 Å². The Bertz CT molecular complexity index is 366. The Kier molecular flexibility index (Phi) is 3.98. The summed E-state index contributed by atoms with van der Waals surface area (Å²) in [5, 5.41) is 0. The van der Waals surface area contributed by atoms with E-state index in [1.807, 2.05) is 0 Å². The van der Waals surface area contributed by atoms with Gasteiger partial charge in [-0.25, -0.2) is 4.79 Å². The summed E-state index contributed by atoms with van der Waals surface area (Å²) in [5.74, 6) is 0.370. The van der Waals surface area contributed by atoms with Crippen LogP contribution in [-0.4, -0.2) is 26.0 Å². The van der Waals surface area contributed by atoms with Crippen molar-refractivity contribution >= 4 is 5.97 Å². The molecule has 17 heavy (non-hydrogen) atoms. The molecular weight excluding hydrogens is 220 g/mol. The van der Waals surface area contributed by atoms with Gasteiger partial charge in [-0.2, -0.15) is 0 Å². The molecule has 0 aromatic heterocycles. The Balaban J connectivity index is 1.95. The van der Waals surface area contributed by atoms with E-state index in [0.717, 1.165) is 25.9 Å². The lowest BCUT2D eigenvalue weighted by Gasteiger charge is -2.23. The molecule has 1 saturated heterocycles. The Morgan fingerprint density at radius 3 is 2.65 bits per heavy atom. The predicted octanol–water partition coefficient (Wildman–Crippen LogP) is 2.38. The first kappa shape index (κ1) is 11.9. The van der Waals surface area contributed by atoms with Crippen LogP contribution in [0.5, 0.6) is 5.75 Å². The number of rotatable bonds is 3. The van der Waals surface area contributed by atoms with Crippen molar-refractivity contribution in [1.29, 1.82) is 0 Å². The number of carbonyl (C=O) groups is 1. The summed E-state index contributed by atoms with van der Waals surface area (Å²) >= 11 is 0. The molecule has 4 heteroatoms. The minimum absolute atomic E-state index is 0.160. The average molecular weight is 236 g/mol. The molecule has 1 aliphatic rings. The second-order valence-electron chi connectivity index (χ2n) is 3.93. The van der Waals surface area contributed by atoms with Crippen LogP contribution < -0.4 is 4.74 Å². The van der Waals surface area contributed by atoms with E-state index in [2.05, 4.69) is 4.74 Å². The molecule has 92 valence electrons. The molecule has 0 N–H and O–H groups in total. The van der Waals surface area contributed by atoms with Gasteiger partial charge >= 0.3 is 5.97 Å². The summed E-state index contributed by atoms with van der Waals surface area (Å²) < 4.78 is 15.7. The number of carbonyl (C=O) groups excluding carboxylic acids is 1. The highest BCUT2D eigenvalue weighted by molar-refractivity contribution is 5.89. The Hall–Kier alpha value is -1.55. The molecule has 1 aromatic carbocycles. The van der Waals surface area contributed by atoms with E-state index in [4.69, 9.17) is 9.47 Å². The van der Waals surface area contributed by atoms with Gasteiger partial charge in [0.05, 0.1) is 19.3 Å². The maximum Gasteiger partial charge on any atom is 0.337 e. The molecule has 1 heterocycles. The lowest BCUT2D eigenvalue weighted by molar-refractivity contribution is -0.105. The third-order valence-corrected chi connectivity index (χ3v) is 2.68. The van der Waals surface area contributed by atoms with Crippen LogP contribution in [0.2, 0.25) is 0 Å². The summed E-state index contributed by atoms with van der Waals surface area (Å²) in [6.45, 7) is 0.755. The first-order chi connectivity index (χ1) is 8.29. The monoisotopic (exact) mass is 236 g/mol. The van der Waals surface area contributed by atoms with Gasteiger partial charge in [0.15, 0.2) is 6.29 Å². The van der Waals surface area contributed by atoms with Crippen molar-refractivity contribution in [2.75, 3.05) is 13.7 Å². The van der Waals surface area contributed by atoms with Crippen LogP contribution >= 0.6 is 0 Å². The SMILES string of the molecule is COC(=O)c1ccc(O[C@H]2CCCCO2)cc1. The van der Waals surface area contributed by atoms with Gasteiger partial charge in [-0.3, -0.25) is 0 Å². The summed E-state index contributed by atoms with van der Waals surface area (Å²) in [4.78, 5) is 11.2. The molecule has 1 aromatic rings. The molecule has 1 aliphatic heterocycles. The second-order valence-corrected chi connectivity index (χ2v) is 3.93. The average Bonchev–Trinajstić information content (AvgIpc) is 2.40. The van der Waals surface area contributed by atoms with E-state index in [1.54, 1.807) is 24.3 Å². The van der Waals surface area contributed by atoms with Crippen LogP contribution in [0.4, 0.5) is 0 Å². The number of esters is 1. The summed E-state index contributed by atoms with van der Waals surface area (Å²) in [5.41, 5.74) is 0.518. The van der Waals surface area contributed by atoms with E-state index < -0.39 is 0 Å². The van der Waals surface area contributed by atoms with Crippen molar-refractivity contribution in [3.63, 3.8) is 0 Å². The third kappa shape index (κ3) is 3.20. The van der Waals surface area contributed by atoms with Crippen LogP contribution in [0.15, 0.2) is 24.3 Å². The minimum atomic E-state index is -0.342. The number of methoxy groups -OCH3 is 1. The third-order valence-electron chi connectivity index (χ3n) is 2.68. The molecule has 2 rings (SSSR count). The van der Waals surface area contributed by atoms with E-state index in [-0.39, 0.29) is 12.3 Å². The van der Waals surface area contributed by atoms with Gasteiger partial charge in [0, 0.05) is 6.42 Å². The zero-order valence-corrected chi connectivity index (χ0v) is 9.85. The first-order valence-corrected chi connectivity index (χ1v) is 5.76. The van der Waals surface area contributed by atoms with Crippen molar-refractivity contribution in [2.45, 2.75) is 25.6 Å². The smallest absolute Gasteiger partial charge is 0.337 e. The molecule has 0 spiro atoms. The largest absolute Gasteiger partial charge is 0.465 e. The van der Waals surface area contributed by atoms with Gasteiger partial charge in [0.2, 0.25) is 0 Å². The van der Waals surface area contributed by atoms with Crippen molar-refractivity contribution in [1.82, 2.24) is 0 Å². The zero-order valence-electron chi connectivity index (χ0n) is 9.85. The molecule has 0 saturated carbocycles. The quantitative estimate of drug-likeness (QED) is 0.756. The lowest BCUT2D eigenvalue weighted by Crippen LogP contribution is -2.24. The highest BCUT2D eigenvalue weighted by atomic mass is 16.7. The van der Waals surface area contributed by atoms with Crippen molar-refractivity contribution in [3.05, 3.63) is 29.8 Å². The van der Waals surface area contributed by atoms with Gasteiger partial charge in [-0.15, -0.1) is 0 Å². The summed E-state index contributed by atoms with van der Waals surface area (Å²) in [6, 6.07) is 6.88. The standard InChI is InChI=1S/C13H16O4/c1-15-13(14)10-5-7-11(8-6-10)17-12-4-2-3-9-16-12/h5-8,12H,2-4,9H2,1H3/t12-/m0/s1. The maximum absolute atomic E-state index is 11.2. The van der Waals surface area contributed by atoms with Crippen molar-refractivity contribution < 1.29 is 19.0 Å². The van der Waals surface area contributed by atoms with Gasteiger partial charge in [0.1, 0.15) is 5.75 Å². The molecule has 0 amide bonds. The minimum Gasteiger partial charge on any atom is -0.465 e. The predicted molar refractivity (Wildman–Crippen MR) is 62.0 cm³/mol. The van der Waals surface area contributed by atoms with Gasteiger partial charge < -0.3 is 14.2 Å². The lowest BCUT2D eigenvalue weighted by atomic mass is 10.2. The number of ether oxygens (including phenoxy) is 3. The van der Waals surface area contributed by atoms with Crippen molar-refractivity contribution in [3.8, 4) is 5.75 Å². The summed E-state index contributed by atoms with van der Waals surface area (Å²) in [7, 11) is 1.36.